The van der Waals surface area contributed by atoms with Gasteiger partial charge >= 0.3 is 0 Å². The smallest absolute Gasteiger partial charge is 0.246 e. The molecule has 0 aromatic heterocycles. The molecule has 0 bridgehead atoms. The van der Waals surface area contributed by atoms with Crippen molar-refractivity contribution >= 4 is 35.2 Å². The molecule has 20 heavy (non-hydrogen) atoms. The van der Waals surface area contributed by atoms with Crippen LogP contribution in [0, 0.1) is 5.92 Å². The topological polar surface area (TPSA) is 32.3 Å². The van der Waals surface area contributed by atoms with Gasteiger partial charge in [-0.05, 0) is 43.6 Å². The van der Waals surface area contributed by atoms with E-state index in [2.05, 4.69) is 5.32 Å². The predicted molar refractivity (Wildman–Crippen MR) is 84.1 cm³/mol. The fourth-order valence-corrected chi connectivity index (χ4v) is 2.77. The first-order valence-electron chi connectivity index (χ1n) is 6.67. The zero-order valence-electron chi connectivity index (χ0n) is 11.4. The molecule has 0 aliphatic carbocycles. The van der Waals surface area contributed by atoms with Gasteiger partial charge < -0.3 is 10.2 Å². The largest absolute Gasteiger partial charge is 0.339 e. The lowest BCUT2D eigenvalue weighted by Crippen LogP contribution is -2.28. The van der Waals surface area contributed by atoms with E-state index in [4.69, 9.17) is 23.2 Å². The highest BCUT2D eigenvalue weighted by molar-refractivity contribution is 6.42. The first-order valence-corrected chi connectivity index (χ1v) is 7.43. The molecule has 1 aliphatic heterocycles. The first kappa shape index (κ1) is 15.4. The average molecular weight is 313 g/mol. The van der Waals surface area contributed by atoms with Crippen LogP contribution in [0.5, 0.6) is 0 Å². The van der Waals surface area contributed by atoms with Crippen molar-refractivity contribution in [3.05, 3.63) is 39.9 Å². The van der Waals surface area contributed by atoms with Gasteiger partial charge in [-0.3, -0.25) is 4.79 Å². The van der Waals surface area contributed by atoms with Crippen molar-refractivity contribution < 1.29 is 4.79 Å². The Balaban J connectivity index is 1.98. The number of hydrogen-bond acceptors (Lipinski definition) is 2. The normalized spacial score (nSPS) is 18.9. The number of hydrogen-bond donors (Lipinski definition) is 1. The van der Waals surface area contributed by atoms with E-state index in [1.807, 2.05) is 24.1 Å². The molecule has 1 fully saturated rings. The van der Waals surface area contributed by atoms with E-state index in [-0.39, 0.29) is 5.91 Å². The number of benzene rings is 1. The highest BCUT2D eigenvalue weighted by Crippen LogP contribution is 2.26. The van der Waals surface area contributed by atoms with Crippen molar-refractivity contribution in [2.75, 3.05) is 26.7 Å². The van der Waals surface area contributed by atoms with Gasteiger partial charge in [0.05, 0.1) is 10.0 Å². The molecule has 1 unspecified atom stereocenters. The number of nitrogens with zero attached hydrogens (tertiary/aromatic N) is 1. The van der Waals surface area contributed by atoms with E-state index in [1.165, 1.54) is 0 Å². The molecule has 1 atom stereocenters. The van der Waals surface area contributed by atoms with Crippen LogP contribution in [0.2, 0.25) is 10.0 Å². The zero-order chi connectivity index (χ0) is 14.5. The van der Waals surface area contributed by atoms with E-state index < -0.39 is 0 Å². The molecule has 0 radical (unpaired) electrons. The highest BCUT2D eigenvalue weighted by atomic mass is 35.5. The number of halogens is 2. The summed E-state index contributed by atoms with van der Waals surface area (Å²) < 4.78 is 0. The minimum atomic E-state index is 0.0274. The van der Waals surface area contributed by atoms with Crippen LogP contribution >= 0.6 is 23.2 Å². The fourth-order valence-electron chi connectivity index (χ4n) is 2.40. The lowest BCUT2D eigenvalue weighted by molar-refractivity contribution is -0.125. The summed E-state index contributed by atoms with van der Waals surface area (Å²) in [6.07, 6.45) is 4.35. The summed E-state index contributed by atoms with van der Waals surface area (Å²) in [5, 5.41) is 4.13. The quantitative estimate of drug-likeness (QED) is 0.867. The minimum absolute atomic E-state index is 0.0274. The van der Waals surface area contributed by atoms with E-state index in [1.54, 1.807) is 18.2 Å². The number of rotatable bonds is 4. The SMILES string of the molecule is CNCC1CCN(C(=O)/C=C/c2cccc(Cl)c2Cl)C1. The molecule has 1 amide bonds. The Morgan fingerprint density at radius 1 is 1.50 bits per heavy atom. The fraction of sp³-hybridized carbons (Fsp3) is 0.400. The maximum atomic E-state index is 12.1. The summed E-state index contributed by atoms with van der Waals surface area (Å²) in [7, 11) is 1.94. The van der Waals surface area contributed by atoms with Gasteiger partial charge in [0.1, 0.15) is 0 Å². The van der Waals surface area contributed by atoms with E-state index in [0.29, 0.717) is 16.0 Å². The highest BCUT2D eigenvalue weighted by Gasteiger charge is 2.24. The van der Waals surface area contributed by atoms with Crippen molar-refractivity contribution in [1.29, 1.82) is 0 Å². The third-order valence-electron chi connectivity index (χ3n) is 3.48. The Morgan fingerprint density at radius 2 is 2.30 bits per heavy atom. The molecular formula is C15H18Cl2N2O. The molecule has 1 heterocycles. The van der Waals surface area contributed by atoms with Crippen molar-refractivity contribution in [2.24, 2.45) is 5.92 Å². The van der Waals surface area contributed by atoms with Crippen LogP contribution < -0.4 is 5.32 Å². The molecule has 108 valence electrons. The van der Waals surface area contributed by atoms with Crippen LogP contribution in [0.3, 0.4) is 0 Å². The van der Waals surface area contributed by atoms with Gasteiger partial charge in [-0.25, -0.2) is 0 Å². The lowest BCUT2D eigenvalue weighted by Gasteiger charge is -2.14. The predicted octanol–water partition coefficient (Wildman–Crippen LogP) is 3.07. The van der Waals surface area contributed by atoms with Crippen LogP contribution in [0.25, 0.3) is 6.08 Å². The molecule has 5 heteroatoms. The third-order valence-corrected chi connectivity index (χ3v) is 4.31. The molecule has 2 rings (SSSR count). The van der Waals surface area contributed by atoms with Crippen molar-refractivity contribution in [2.45, 2.75) is 6.42 Å². The van der Waals surface area contributed by atoms with Gasteiger partial charge in [0.25, 0.3) is 0 Å². The van der Waals surface area contributed by atoms with Crippen molar-refractivity contribution in [3.8, 4) is 0 Å². The maximum absolute atomic E-state index is 12.1. The summed E-state index contributed by atoms with van der Waals surface area (Å²) >= 11 is 12.0. The zero-order valence-corrected chi connectivity index (χ0v) is 12.9. The van der Waals surface area contributed by atoms with Gasteiger partial charge in [0.2, 0.25) is 5.91 Å². The summed E-state index contributed by atoms with van der Waals surface area (Å²) in [4.78, 5) is 14.0. The number of carbonyl (C=O) groups is 1. The van der Waals surface area contributed by atoms with Crippen LogP contribution in [0.4, 0.5) is 0 Å². The number of likely N-dealkylation sites (tertiary alicyclic amines) is 1. The van der Waals surface area contributed by atoms with Gasteiger partial charge in [-0.15, -0.1) is 0 Å². The van der Waals surface area contributed by atoms with E-state index >= 15 is 0 Å². The monoisotopic (exact) mass is 312 g/mol. The summed E-state index contributed by atoms with van der Waals surface area (Å²) in [5.41, 5.74) is 0.762. The molecule has 1 aliphatic rings. The number of nitrogens with one attached hydrogen (secondary N) is 1. The molecule has 1 saturated heterocycles. The standard InChI is InChI=1S/C15H18Cl2N2O/c1-18-9-11-7-8-19(10-11)14(20)6-5-12-3-2-4-13(16)15(12)17/h2-6,11,18H,7-10H2,1H3/b6-5+. The molecule has 1 aromatic carbocycles. The lowest BCUT2D eigenvalue weighted by atomic mass is 10.1. The molecule has 0 spiro atoms. The van der Waals surface area contributed by atoms with Crippen LogP contribution in [0.1, 0.15) is 12.0 Å². The maximum Gasteiger partial charge on any atom is 0.246 e. The number of carbonyl (C=O) groups excluding carboxylic acids is 1. The van der Waals surface area contributed by atoms with Gasteiger partial charge in [0, 0.05) is 19.2 Å². The van der Waals surface area contributed by atoms with Crippen molar-refractivity contribution in [1.82, 2.24) is 10.2 Å². The number of amides is 1. The van der Waals surface area contributed by atoms with Crippen LogP contribution in [-0.2, 0) is 4.79 Å². The third kappa shape index (κ3) is 3.75. The van der Waals surface area contributed by atoms with Crippen LogP contribution in [-0.4, -0.2) is 37.5 Å². The Bertz CT molecular complexity index is 517. The summed E-state index contributed by atoms with van der Waals surface area (Å²) in [6.45, 7) is 2.58. The molecule has 0 saturated carbocycles. The Kier molecular flexibility index (Phi) is 5.46. The average Bonchev–Trinajstić information content (AvgIpc) is 2.89. The molecule has 3 nitrogen and oxygen atoms in total. The molecule has 1 N–H and O–H groups in total. The summed E-state index contributed by atoms with van der Waals surface area (Å²) in [6, 6.07) is 5.38. The Labute approximate surface area is 129 Å². The minimum Gasteiger partial charge on any atom is -0.339 e. The van der Waals surface area contributed by atoms with E-state index in [9.17, 15) is 4.79 Å². The van der Waals surface area contributed by atoms with Gasteiger partial charge in [-0.1, -0.05) is 35.3 Å². The molecule has 1 aromatic rings. The van der Waals surface area contributed by atoms with Crippen LogP contribution in [0.15, 0.2) is 24.3 Å². The first-order chi connectivity index (χ1) is 9.61. The Morgan fingerprint density at radius 3 is 3.05 bits per heavy atom. The molecular weight excluding hydrogens is 295 g/mol. The second kappa shape index (κ2) is 7.11. The summed E-state index contributed by atoms with van der Waals surface area (Å²) in [5.74, 6) is 0.576. The van der Waals surface area contributed by atoms with E-state index in [0.717, 1.165) is 31.6 Å². The Hall–Kier alpha value is -1.03. The van der Waals surface area contributed by atoms with Gasteiger partial charge in [0.15, 0.2) is 0 Å². The second-order valence-electron chi connectivity index (χ2n) is 4.97. The second-order valence-corrected chi connectivity index (χ2v) is 5.76. The van der Waals surface area contributed by atoms with Gasteiger partial charge in [-0.2, -0.15) is 0 Å². The van der Waals surface area contributed by atoms with Crippen molar-refractivity contribution in [3.63, 3.8) is 0 Å².